The maximum atomic E-state index is 6.15. The van der Waals surface area contributed by atoms with Gasteiger partial charge in [-0.3, -0.25) is 0 Å². The fourth-order valence-electron chi connectivity index (χ4n) is 2.03. The van der Waals surface area contributed by atoms with Gasteiger partial charge >= 0.3 is 0 Å². The third kappa shape index (κ3) is 2.10. The number of furan rings is 1. The van der Waals surface area contributed by atoms with Gasteiger partial charge in [-0.1, -0.05) is 36.7 Å². The van der Waals surface area contributed by atoms with E-state index < -0.39 is 0 Å². The number of aromatic nitrogens is 2. The quantitative estimate of drug-likeness (QED) is 0.649. The summed E-state index contributed by atoms with van der Waals surface area (Å²) in [4.78, 5) is 8.77. The molecule has 0 bridgehead atoms. The molecule has 3 rings (SSSR count). The van der Waals surface area contributed by atoms with Crippen LogP contribution < -0.4 is 0 Å². The van der Waals surface area contributed by atoms with E-state index in [1.165, 1.54) is 0 Å². The minimum Gasteiger partial charge on any atom is -0.454 e. The highest BCUT2D eigenvalue weighted by molar-refractivity contribution is 6.30. The summed E-state index contributed by atoms with van der Waals surface area (Å²) in [6, 6.07) is 9.88. The molecule has 1 aromatic carbocycles. The lowest BCUT2D eigenvalue weighted by atomic mass is 10.2. The van der Waals surface area contributed by atoms with Crippen LogP contribution in [0.25, 0.3) is 22.4 Å². The van der Waals surface area contributed by atoms with E-state index in [-0.39, 0.29) is 0 Å². The highest BCUT2D eigenvalue weighted by Gasteiger charge is 2.14. The van der Waals surface area contributed by atoms with Crippen molar-refractivity contribution in [2.75, 3.05) is 0 Å². The average Bonchev–Trinajstić information content (AvgIpc) is 2.85. The van der Waals surface area contributed by atoms with E-state index in [9.17, 15) is 0 Å². The predicted molar refractivity (Wildman–Crippen MR) is 76.4 cm³/mol. The van der Waals surface area contributed by atoms with Gasteiger partial charge in [-0.05, 0) is 19.1 Å². The van der Waals surface area contributed by atoms with Crippen LogP contribution in [0.5, 0.6) is 0 Å². The minimum absolute atomic E-state index is 0.488. The van der Waals surface area contributed by atoms with Gasteiger partial charge in [0, 0.05) is 17.4 Å². The van der Waals surface area contributed by atoms with Crippen molar-refractivity contribution >= 4 is 22.6 Å². The zero-order chi connectivity index (χ0) is 13.4. The summed E-state index contributed by atoms with van der Waals surface area (Å²) in [6.07, 6.45) is 0.743. The summed E-state index contributed by atoms with van der Waals surface area (Å²) in [5.41, 5.74) is 2.47. The van der Waals surface area contributed by atoms with Crippen molar-refractivity contribution in [1.82, 2.24) is 9.97 Å². The second kappa shape index (κ2) is 4.67. The molecule has 3 nitrogen and oxygen atoms in total. The third-order valence-corrected chi connectivity index (χ3v) is 3.48. The molecule has 0 saturated carbocycles. The van der Waals surface area contributed by atoms with Crippen molar-refractivity contribution in [1.29, 1.82) is 0 Å². The van der Waals surface area contributed by atoms with Gasteiger partial charge in [0.2, 0.25) is 0 Å². The van der Waals surface area contributed by atoms with Crippen LogP contribution in [-0.2, 0) is 6.42 Å². The second-order valence-electron chi connectivity index (χ2n) is 4.41. The number of fused-ring (bicyclic) bond motifs is 1. The molecular formula is C15H13ClN2O. The lowest BCUT2D eigenvalue weighted by molar-refractivity contribution is 0.626. The number of halogens is 1. The molecule has 0 aliphatic carbocycles. The molecule has 19 heavy (non-hydrogen) atoms. The fourth-order valence-corrected chi connectivity index (χ4v) is 2.22. The molecule has 4 heteroatoms. The largest absolute Gasteiger partial charge is 0.454 e. The lowest BCUT2D eigenvalue weighted by Crippen LogP contribution is -1.98. The summed E-state index contributed by atoms with van der Waals surface area (Å²) in [5, 5.41) is 1.55. The zero-order valence-electron chi connectivity index (χ0n) is 10.8. The molecule has 0 N–H and O–H groups in total. The summed E-state index contributed by atoms with van der Waals surface area (Å²) < 4.78 is 5.84. The van der Waals surface area contributed by atoms with E-state index >= 15 is 0 Å². The van der Waals surface area contributed by atoms with Crippen LogP contribution >= 0.6 is 11.6 Å². The van der Waals surface area contributed by atoms with E-state index in [0.29, 0.717) is 5.15 Å². The maximum absolute atomic E-state index is 6.15. The fraction of sp³-hybridized carbons (Fsp3) is 0.200. The molecule has 3 aromatic rings. The van der Waals surface area contributed by atoms with Crippen LogP contribution in [0.1, 0.15) is 18.3 Å². The SMILES string of the molecule is CCc1nc(Cl)c(C)c(-c2cc3ccccc3o2)n1. The van der Waals surface area contributed by atoms with Gasteiger partial charge in [-0.2, -0.15) is 0 Å². The summed E-state index contributed by atoms with van der Waals surface area (Å²) in [6.45, 7) is 3.91. The zero-order valence-corrected chi connectivity index (χ0v) is 11.5. The summed E-state index contributed by atoms with van der Waals surface area (Å²) in [5.74, 6) is 1.46. The van der Waals surface area contributed by atoms with E-state index in [2.05, 4.69) is 9.97 Å². The Hall–Kier alpha value is -1.87. The molecule has 0 spiro atoms. The average molecular weight is 273 g/mol. The van der Waals surface area contributed by atoms with Gasteiger partial charge in [-0.15, -0.1) is 0 Å². The van der Waals surface area contributed by atoms with E-state index in [4.69, 9.17) is 16.0 Å². The Morgan fingerprint density at radius 1 is 1.21 bits per heavy atom. The third-order valence-electron chi connectivity index (χ3n) is 3.11. The Bertz CT molecular complexity index is 716. The summed E-state index contributed by atoms with van der Waals surface area (Å²) in [7, 11) is 0. The smallest absolute Gasteiger partial charge is 0.154 e. The number of hydrogen-bond donors (Lipinski definition) is 0. The second-order valence-corrected chi connectivity index (χ2v) is 4.76. The van der Waals surface area contributed by atoms with Gasteiger partial charge in [0.05, 0.1) is 0 Å². The molecule has 0 saturated heterocycles. The van der Waals surface area contributed by atoms with Crippen LogP contribution in [-0.4, -0.2) is 9.97 Å². The van der Waals surface area contributed by atoms with Crippen LogP contribution in [0, 0.1) is 6.92 Å². The van der Waals surface area contributed by atoms with E-state index in [0.717, 1.165) is 40.2 Å². The van der Waals surface area contributed by atoms with Gasteiger partial charge in [-0.25, -0.2) is 9.97 Å². The Kier molecular flexibility index (Phi) is 2.99. The lowest BCUT2D eigenvalue weighted by Gasteiger charge is -2.05. The monoisotopic (exact) mass is 272 g/mol. The molecular weight excluding hydrogens is 260 g/mol. The number of hydrogen-bond acceptors (Lipinski definition) is 3. The van der Waals surface area contributed by atoms with Crippen LogP contribution in [0.3, 0.4) is 0 Å². The van der Waals surface area contributed by atoms with E-state index in [1.54, 1.807) is 0 Å². The molecule has 2 heterocycles. The van der Waals surface area contributed by atoms with Crippen molar-refractivity contribution in [3.05, 3.63) is 46.9 Å². The number of aryl methyl sites for hydroxylation is 1. The van der Waals surface area contributed by atoms with Gasteiger partial charge in [0.25, 0.3) is 0 Å². The Labute approximate surface area is 116 Å². The van der Waals surface area contributed by atoms with Crippen LogP contribution in [0.2, 0.25) is 5.15 Å². The molecule has 96 valence electrons. The predicted octanol–water partition coefficient (Wildman–Crippen LogP) is 4.41. The van der Waals surface area contributed by atoms with Gasteiger partial charge in [0.1, 0.15) is 22.3 Å². The first-order chi connectivity index (χ1) is 9.19. The number of para-hydroxylation sites is 1. The highest BCUT2D eigenvalue weighted by Crippen LogP contribution is 2.30. The van der Waals surface area contributed by atoms with Crippen molar-refractivity contribution < 1.29 is 4.42 Å². The highest BCUT2D eigenvalue weighted by atomic mass is 35.5. The van der Waals surface area contributed by atoms with Crippen molar-refractivity contribution in [2.24, 2.45) is 0 Å². The van der Waals surface area contributed by atoms with Crippen molar-refractivity contribution in [3.63, 3.8) is 0 Å². The molecule has 0 radical (unpaired) electrons. The van der Waals surface area contributed by atoms with Gasteiger partial charge < -0.3 is 4.42 Å². The Morgan fingerprint density at radius 2 is 2.00 bits per heavy atom. The number of rotatable bonds is 2. The first-order valence-corrected chi connectivity index (χ1v) is 6.58. The molecule has 0 aliphatic heterocycles. The Balaban J connectivity index is 2.23. The maximum Gasteiger partial charge on any atom is 0.154 e. The molecule has 0 aliphatic rings. The first-order valence-electron chi connectivity index (χ1n) is 6.21. The number of benzene rings is 1. The molecule has 2 aromatic heterocycles. The van der Waals surface area contributed by atoms with Gasteiger partial charge in [0.15, 0.2) is 5.76 Å². The number of nitrogens with zero attached hydrogens (tertiary/aromatic N) is 2. The molecule has 0 unspecified atom stereocenters. The minimum atomic E-state index is 0.488. The standard InChI is InChI=1S/C15H13ClN2O/c1-3-13-17-14(9(2)15(16)18-13)12-8-10-6-4-5-7-11(10)19-12/h4-8H,3H2,1-2H3. The first kappa shape index (κ1) is 12.2. The van der Waals surface area contributed by atoms with E-state index in [1.807, 2.05) is 44.2 Å². The normalized spacial score (nSPS) is 11.1. The van der Waals surface area contributed by atoms with Crippen LogP contribution in [0.4, 0.5) is 0 Å². The van der Waals surface area contributed by atoms with Crippen molar-refractivity contribution in [3.8, 4) is 11.5 Å². The topological polar surface area (TPSA) is 38.9 Å². The Morgan fingerprint density at radius 3 is 2.74 bits per heavy atom. The van der Waals surface area contributed by atoms with Crippen LogP contribution in [0.15, 0.2) is 34.7 Å². The molecule has 0 fully saturated rings. The van der Waals surface area contributed by atoms with Crippen molar-refractivity contribution in [2.45, 2.75) is 20.3 Å². The molecule has 0 atom stereocenters. The summed E-state index contributed by atoms with van der Waals surface area (Å²) >= 11 is 6.15. The molecule has 0 amide bonds.